The van der Waals surface area contributed by atoms with E-state index in [2.05, 4.69) is 61.3 Å². The Morgan fingerprint density at radius 1 is 1.29 bits per heavy atom. The van der Waals surface area contributed by atoms with Gasteiger partial charge in [-0.2, -0.15) is 0 Å². The molecule has 1 heterocycles. The molecule has 2 nitrogen and oxygen atoms in total. The van der Waals surface area contributed by atoms with Gasteiger partial charge in [0.25, 0.3) is 0 Å². The lowest BCUT2D eigenvalue weighted by Crippen LogP contribution is -2.57. The van der Waals surface area contributed by atoms with Crippen LogP contribution in [0.1, 0.15) is 26.3 Å². The maximum atomic E-state index is 3.54. The van der Waals surface area contributed by atoms with Crippen LogP contribution in [-0.4, -0.2) is 36.1 Å². The molecule has 2 rings (SSSR count). The van der Waals surface area contributed by atoms with Gasteiger partial charge in [-0.1, -0.05) is 30.3 Å². The molecule has 1 aromatic rings. The summed E-state index contributed by atoms with van der Waals surface area (Å²) in [5.41, 5.74) is 1.44. The summed E-state index contributed by atoms with van der Waals surface area (Å²) in [4.78, 5) is 2.63. The molecular weight excluding hydrogens is 208 g/mol. The summed E-state index contributed by atoms with van der Waals surface area (Å²) in [6, 6.07) is 12.7. The fourth-order valence-corrected chi connectivity index (χ4v) is 2.74. The Morgan fingerprint density at radius 3 is 2.71 bits per heavy atom. The Balaban J connectivity index is 1.97. The van der Waals surface area contributed by atoms with Gasteiger partial charge in [0.2, 0.25) is 0 Å². The molecule has 1 aliphatic heterocycles. The van der Waals surface area contributed by atoms with Crippen LogP contribution in [0.5, 0.6) is 0 Å². The Hall–Kier alpha value is -0.860. The van der Waals surface area contributed by atoms with Crippen LogP contribution in [-0.2, 0) is 6.42 Å². The third kappa shape index (κ3) is 3.30. The van der Waals surface area contributed by atoms with E-state index in [0.29, 0.717) is 18.1 Å². The third-order valence-electron chi connectivity index (χ3n) is 3.75. The zero-order valence-corrected chi connectivity index (χ0v) is 11.2. The first-order valence-corrected chi connectivity index (χ1v) is 6.70. The third-order valence-corrected chi connectivity index (χ3v) is 3.75. The number of rotatable bonds is 3. The average molecular weight is 232 g/mol. The largest absolute Gasteiger partial charge is 0.311 e. The molecule has 1 aromatic carbocycles. The first-order valence-electron chi connectivity index (χ1n) is 6.70. The summed E-state index contributed by atoms with van der Waals surface area (Å²) >= 11 is 0. The summed E-state index contributed by atoms with van der Waals surface area (Å²) in [5.74, 6) is 0. The number of hydrogen-bond acceptors (Lipinski definition) is 2. The quantitative estimate of drug-likeness (QED) is 0.860. The van der Waals surface area contributed by atoms with Crippen molar-refractivity contribution >= 4 is 0 Å². The molecule has 1 saturated heterocycles. The van der Waals surface area contributed by atoms with Crippen LogP contribution in [0.2, 0.25) is 0 Å². The van der Waals surface area contributed by atoms with Crippen molar-refractivity contribution in [2.75, 3.05) is 13.1 Å². The van der Waals surface area contributed by atoms with Gasteiger partial charge in [-0.05, 0) is 32.8 Å². The molecule has 0 aromatic heterocycles. The maximum Gasteiger partial charge on any atom is 0.0196 e. The highest BCUT2D eigenvalue weighted by Gasteiger charge is 2.26. The summed E-state index contributed by atoms with van der Waals surface area (Å²) in [7, 11) is 0. The van der Waals surface area contributed by atoms with Gasteiger partial charge in [0, 0.05) is 31.2 Å². The molecule has 0 saturated carbocycles. The van der Waals surface area contributed by atoms with Crippen LogP contribution in [0.15, 0.2) is 30.3 Å². The van der Waals surface area contributed by atoms with Gasteiger partial charge in [-0.25, -0.2) is 0 Å². The molecule has 1 aliphatic rings. The molecule has 0 spiro atoms. The molecule has 1 fully saturated rings. The molecule has 0 radical (unpaired) electrons. The Morgan fingerprint density at radius 2 is 2.00 bits per heavy atom. The Labute approximate surface area is 105 Å². The van der Waals surface area contributed by atoms with Gasteiger partial charge in [0.15, 0.2) is 0 Å². The van der Waals surface area contributed by atoms with Crippen LogP contribution < -0.4 is 5.32 Å². The van der Waals surface area contributed by atoms with Gasteiger partial charge in [-0.3, -0.25) is 4.90 Å². The summed E-state index contributed by atoms with van der Waals surface area (Å²) in [6.45, 7) is 9.21. The highest BCUT2D eigenvalue weighted by atomic mass is 15.2. The SMILES string of the molecule is CC1CN(C(C)Cc2ccccc2)C(C)CN1. The van der Waals surface area contributed by atoms with Crippen molar-refractivity contribution < 1.29 is 0 Å². The van der Waals surface area contributed by atoms with Crippen LogP contribution in [0, 0.1) is 0 Å². The molecule has 94 valence electrons. The Kier molecular flexibility index (Phi) is 4.19. The summed E-state index contributed by atoms with van der Waals surface area (Å²) in [6.07, 6.45) is 1.15. The monoisotopic (exact) mass is 232 g/mol. The van der Waals surface area contributed by atoms with Crippen molar-refractivity contribution in [1.29, 1.82) is 0 Å². The molecular formula is C15H24N2. The van der Waals surface area contributed by atoms with Crippen LogP contribution in [0.4, 0.5) is 0 Å². The van der Waals surface area contributed by atoms with Crippen LogP contribution in [0.25, 0.3) is 0 Å². The predicted octanol–water partition coefficient (Wildman–Crippen LogP) is 2.30. The second kappa shape index (κ2) is 5.65. The normalized spacial score (nSPS) is 27.9. The second-order valence-electron chi connectivity index (χ2n) is 5.39. The van der Waals surface area contributed by atoms with Gasteiger partial charge in [0.05, 0.1) is 0 Å². The second-order valence-corrected chi connectivity index (χ2v) is 5.39. The fraction of sp³-hybridized carbons (Fsp3) is 0.600. The van der Waals surface area contributed by atoms with Crippen LogP contribution >= 0.6 is 0 Å². The lowest BCUT2D eigenvalue weighted by atomic mass is 10.0. The van der Waals surface area contributed by atoms with Crippen molar-refractivity contribution in [2.45, 2.75) is 45.3 Å². The molecule has 1 N–H and O–H groups in total. The summed E-state index contributed by atoms with van der Waals surface area (Å²) in [5, 5.41) is 3.54. The lowest BCUT2D eigenvalue weighted by molar-refractivity contribution is 0.103. The lowest BCUT2D eigenvalue weighted by Gasteiger charge is -2.41. The zero-order chi connectivity index (χ0) is 12.3. The first-order chi connectivity index (χ1) is 8.16. The van der Waals surface area contributed by atoms with Gasteiger partial charge < -0.3 is 5.32 Å². The molecule has 3 atom stereocenters. The van der Waals surface area contributed by atoms with E-state index in [1.165, 1.54) is 5.56 Å². The van der Waals surface area contributed by atoms with Crippen LogP contribution in [0.3, 0.4) is 0 Å². The molecule has 0 amide bonds. The maximum absolute atomic E-state index is 3.54. The van der Waals surface area contributed by atoms with E-state index in [0.717, 1.165) is 19.5 Å². The van der Waals surface area contributed by atoms with Crippen molar-refractivity contribution in [3.8, 4) is 0 Å². The topological polar surface area (TPSA) is 15.3 Å². The van der Waals surface area contributed by atoms with E-state index < -0.39 is 0 Å². The highest BCUT2D eigenvalue weighted by Crippen LogP contribution is 2.15. The number of nitrogens with one attached hydrogen (secondary N) is 1. The van der Waals surface area contributed by atoms with Gasteiger partial charge in [-0.15, -0.1) is 0 Å². The molecule has 2 heteroatoms. The number of nitrogens with zero attached hydrogens (tertiary/aromatic N) is 1. The Bertz CT molecular complexity index is 336. The van der Waals surface area contributed by atoms with Gasteiger partial charge in [0.1, 0.15) is 0 Å². The first kappa shape index (κ1) is 12.6. The minimum Gasteiger partial charge on any atom is -0.311 e. The van der Waals surface area contributed by atoms with E-state index in [4.69, 9.17) is 0 Å². The number of hydrogen-bond donors (Lipinski definition) is 1. The molecule has 0 bridgehead atoms. The van der Waals surface area contributed by atoms with Gasteiger partial charge >= 0.3 is 0 Å². The minimum absolute atomic E-state index is 0.615. The molecule has 0 aliphatic carbocycles. The van der Waals surface area contributed by atoms with Crippen molar-refractivity contribution in [1.82, 2.24) is 10.2 Å². The smallest absolute Gasteiger partial charge is 0.0196 e. The zero-order valence-electron chi connectivity index (χ0n) is 11.2. The van der Waals surface area contributed by atoms with Crippen molar-refractivity contribution in [3.05, 3.63) is 35.9 Å². The van der Waals surface area contributed by atoms with Crippen molar-refractivity contribution in [3.63, 3.8) is 0 Å². The van der Waals surface area contributed by atoms with E-state index in [9.17, 15) is 0 Å². The van der Waals surface area contributed by atoms with E-state index in [1.807, 2.05) is 0 Å². The number of piperazine rings is 1. The minimum atomic E-state index is 0.615. The molecule has 3 unspecified atom stereocenters. The fourth-order valence-electron chi connectivity index (χ4n) is 2.74. The average Bonchev–Trinajstić information content (AvgIpc) is 2.33. The number of benzene rings is 1. The van der Waals surface area contributed by atoms with Crippen molar-refractivity contribution in [2.24, 2.45) is 0 Å². The van der Waals surface area contributed by atoms with E-state index in [1.54, 1.807) is 0 Å². The predicted molar refractivity (Wildman–Crippen MR) is 73.2 cm³/mol. The molecule has 17 heavy (non-hydrogen) atoms. The highest BCUT2D eigenvalue weighted by molar-refractivity contribution is 5.15. The summed E-state index contributed by atoms with van der Waals surface area (Å²) < 4.78 is 0. The van der Waals surface area contributed by atoms with E-state index >= 15 is 0 Å². The van der Waals surface area contributed by atoms with E-state index in [-0.39, 0.29) is 0 Å². The standard InChI is InChI=1S/C15H24N2/c1-12-11-17(14(3)10-16-12)13(2)9-15-7-5-4-6-8-15/h4-8,12-14,16H,9-11H2,1-3H3.